The Balaban J connectivity index is 1.52. The van der Waals surface area contributed by atoms with E-state index >= 15 is 0 Å². The number of piperidine rings is 1. The molecule has 1 aromatic heterocycles. The molecule has 2 fully saturated rings. The lowest BCUT2D eigenvalue weighted by Gasteiger charge is -2.48. The van der Waals surface area contributed by atoms with Crippen molar-refractivity contribution >= 4 is 5.91 Å². The number of amides is 1. The number of likely N-dealkylation sites (tertiary alicyclic amines) is 2. The van der Waals surface area contributed by atoms with E-state index in [1.165, 1.54) is 24.0 Å². The molecule has 1 aromatic carbocycles. The third-order valence-corrected chi connectivity index (χ3v) is 6.58. The van der Waals surface area contributed by atoms with Crippen LogP contribution in [0.4, 0.5) is 0 Å². The number of aryl methyl sites for hydroxylation is 1. The third-order valence-electron chi connectivity index (χ3n) is 6.58. The van der Waals surface area contributed by atoms with Crippen molar-refractivity contribution in [3.05, 3.63) is 66.0 Å². The molecule has 0 aliphatic carbocycles. The minimum atomic E-state index is 0.314. The zero-order chi connectivity index (χ0) is 19.3. The van der Waals surface area contributed by atoms with Gasteiger partial charge in [0, 0.05) is 43.4 Å². The molecular weight excluding hydrogens is 346 g/mol. The lowest BCUT2D eigenvalue weighted by atomic mass is 9.79. The van der Waals surface area contributed by atoms with Gasteiger partial charge in [0.15, 0.2) is 0 Å². The van der Waals surface area contributed by atoms with Crippen molar-refractivity contribution in [2.45, 2.75) is 56.5 Å². The maximum Gasteiger partial charge on any atom is 0.223 e. The van der Waals surface area contributed by atoms with E-state index in [-0.39, 0.29) is 0 Å². The molecular formula is C24H31N3O. The second-order valence-corrected chi connectivity index (χ2v) is 8.28. The number of aromatic nitrogens is 1. The molecule has 0 bridgehead atoms. The number of nitrogens with zero attached hydrogens (tertiary/aromatic N) is 3. The molecule has 2 saturated heterocycles. The summed E-state index contributed by atoms with van der Waals surface area (Å²) in [5.41, 5.74) is 2.62. The average molecular weight is 378 g/mol. The molecule has 2 aliphatic rings. The summed E-state index contributed by atoms with van der Waals surface area (Å²) in [7, 11) is 2.25. The molecule has 0 unspecified atom stereocenters. The number of carbonyl (C=O) groups is 1. The second-order valence-electron chi connectivity index (χ2n) is 8.28. The number of fused-ring (bicyclic) bond motifs is 1. The molecule has 28 heavy (non-hydrogen) atoms. The fraction of sp³-hybridized carbons (Fsp3) is 0.500. The first-order valence-corrected chi connectivity index (χ1v) is 10.7. The Morgan fingerprint density at radius 3 is 2.61 bits per heavy atom. The Morgan fingerprint density at radius 2 is 1.82 bits per heavy atom. The fourth-order valence-corrected chi connectivity index (χ4v) is 5.18. The standard InChI is InChI=1S/C24H31N3O/c1-26-17-6-5-9-22-24(26)21(20-7-3-2-4-8-20)14-18-27(22)23(28)11-10-19-12-15-25-16-13-19/h2-4,7-8,12-13,15-16,21-22,24H,5-6,9-11,14,17-18H2,1H3/t21-,22-,24-/m1/s1. The van der Waals surface area contributed by atoms with Crippen LogP contribution in [-0.2, 0) is 11.2 Å². The van der Waals surface area contributed by atoms with E-state index in [0.29, 0.717) is 30.3 Å². The molecule has 148 valence electrons. The Bertz CT molecular complexity index is 764. The number of hydrogen-bond acceptors (Lipinski definition) is 3. The van der Waals surface area contributed by atoms with Crippen molar-refractivity contribution in [2.24, 2.45) is 0 Å². The van der Waals surface area contributed by atoms with Crippen LogP contribution in [-0.4, -0.2) is 52.9 Å². The van der Waals surface area contributed by atoms with Gasteiger partial charge in [0.1, 0.15) is 0 Å². The quantitative estimate of drug-likeness (QED) is 0.811. The average Bonchev–Trinajstić information content (AvgIpc) is 2.95. The third kappa shape index (κ3) is 4.12. The maximum atomic E-state index is 13.2. The van der Waals surface area contributed by atoms with Gasteiger partial charge < -0.3 is 9.80 Å². The van der Waals surface area contributed by atoms with Crippen LogP contribution in [0.5, 0.6) is 0 Å². The van der Waals surface area contributed by atoms with Gasteiger partial charge in [0.05, 0.1) is 0 Å². The van der Waals surface area contributed by atoms with E-state index in [1.807, 2.05) is 12.1 Å². The number of benzene rings is 1. The Kier molecular flexibility index (Phi) is 6.06. The minimum Gasteiger partial charge on any atom is -0.338 e. The van der Waals surface area contributed by atoms with Gasteiger partial charge in [0.2, 0.25) is 5.91 Å². The lowest BCUT2D eigenvalue weighted by Crippen LogP contribution is -2.58. The number of hydrogen-bond donors (Lipinski definition) is 0. The van der Waals surface area contributed by atoms with E-state index in [9.17, 15) is 4.79 Å². The second kappa shape index (κ2) is 8.87. The zero-order valence-electron chi connectivity index (χ0n) is 16.8. The van der Waals surface area contributed by atoms with Crippen LogP contribution >= 0.6 is 0 Å². The summed E-state index contributed by atoms with van der Waals surface area (Å²) in [5, 5.41) is 0. The first-order valence-electron chi connectivity index (χ1n) is 10.7. The van der Waals surface area contributed by atoms with Gasteiger partial charge in [-0.15, -0.1) is 0 Å². The zero-order valence-corrected chi connectivity index (χ0v) is 16.8. The molecule has 0 spiro atoms. The number of rotatable bonds is 4. The van der Waals surface area contributed by atoms with E-state index in [1.54, 1.807) is 12.4 Å². The van der Waals surface area contributed by atoms with Gasteiger partial charge >= 0.3 is 0 Å². The minimum absolute atomic E-state index is 0.314. The first-order chi connectivity index (χ1) is 13.7. The summed E-state index contributed by atoms with van der Waals surface area (Å²) in [4.78, 5) is 22.0. The van der Waals surface area contributed by atoms with Gasteiger partial charge in [-0.2, -0.15) is 0 Å². The van der Waals surface area contributed by atoms with Crippen LogP contribution < -0.4 is 0 Å². The summed E-state index contributed by atoms with van der Waals surface area (Å²) >= 11 is 0. The highest BCUT2D eigenvalue weighted by Gasteiger charge is 2.42. The lowest BCUT2D eigenvalue weighted by molar-refractivity contribution is -0.137. The van der Waals surface area contributed by atoms with Gasteiger partial charge in [-0.25, -0.2) is 0 Å². The number of carbonyl (C=O) groups excluding carboxylic acids is 1. The van der Waals surface area contributed by atoms with Gasteiger partial charge in [-0.05, 0) is 62.5 Å². The van der Waals surface area contributed by atoms with Crippen LogP contribution in [0, 0.1) is 0 Å². The highest BCUT2D eigenvalue weighted by atomic mass is 16.2. The normalized spacial score (nSPS) is 25.8. The van der Waals surface area contributed by atoms with E-state index < -0.39 is 0 Å². The predicted molar refractivity (Wildman–Crippen MR) is 112 cm³/mol. The Hall–Kier alpha value is -2.20. The number of likely N-dealkylation sites (N-methyl/N-ethyl adjacent to an activating group) is 1. The van der Waals surface area contributed by atoms with Gasteiger partial charge in [-0.1, -0.05) is 36.8 Å². The molecule has 0 radical (unpaired) electrons. The van der Waals surface area contributed by atoms with Crippen molar-refractivity contribution in [1.82, 2.24) is 14.8 Å². The van der Waals surface area contributed by atoms with Crippen molar-refractivity contribution in [3.8, 4) is 0 Å². The van der Waals surface area contributed by atoms with Crippen LogP contribution in [0.3, 0.4) is 0 Å². The number of pyridine rings is 1. The molecule has 2 aromatic rings. The largest absolute Gasteiger partial charge is 0.338 e. The predicted octanol–water partition coefficient (Wildman–Crippen LogP) is 3.88. The summed E-state index contributed by atoms with van der Waals surface area (Å²) in [5.74, 6) is 0.826. The molecule has 4 rings (SSSR count). The molecule has 0 saturated carbocycles. The summed E-state index contributed by atoms with van der Waals surface area (Å²) < 4.78 is 0. The molecule has 0 N–H and O–H groups in total. The first kappa shape index (κ1) is 19.1. The topological polar surface area (TPSA) is 36.4 Å². The van der Waals surface area contributed by atoms with Crippen molar-refractivity contribution in [3.63, 3.8) is 0 Å². The molecule has 3 heterocycles. The molecule has 2 aliphatic heterocycles. The molecule has 4 heteroatoms. The van der Waals surface area contributed by atoms with Crippen LogP contribution in [0.2, 0.25) is 0 Å². The van der Waals surface area contributed by atoms with E-state index in [0.717, 1.165) is 32.4 Å². The van der Waals surface area contributed by atoms with E-state index in [4.69, 9.17) is 0 Å². The van der Waals surface area contributed by atoms with Crippen LogP contribution in [0.25, 0.3) is 0 Å². The van der Waals surface area contributed by atoms with Gasteiger partial charge in [0.25, 0.3) is 0 Å². The van der Waals surface area contributed by atoms with E-state index in [2.05, 4.69) is 52.2 Å². The van der Waals surface area contributed by atoms with Gasteiger partial charge in [-0.3, -0.25) is 9.78 Å². The van der Waals surface area contributed by atoms with Crippen molar-refractivity contribution in [1.29, 1.82) is 0 Å². The monoisotopic (exact) mass is 377 g/mol. The maximum absolute atomic E-state index is 13.2. The molecule has 4 nitrogen and oxygen atoms in total. The smallest absolute Gasteiger partial charge is 0.223 e. The Morgan fingerprint density at radius 1 is 1.04 bits per heavy atom. The summed E-state index contributed by atoms with van der Waals surface area (Å²) in [6.07, 6.45) is 9.62. The van der Waals surface area contributed by atoms with Crippen LogP contribution in [0.15, 0.2) is 54.9 Å². The summed E-state index contributed by atoms with van der Waals surface area (Å²) in [6.45, 7) is 2.01. The van der Waals surface area contributed by atoms with Crippen LogP contribution in [0.1, 0.15) is 49.1 Å². The molecule has 3 atom stereocenters. The SMILES string of the molecule is CN1CCCC[C@@H]2[C@H]1[C@@H](c1ccccc1)CCN2C(=O)CCc1ccncc1. The Labute approximate surface area is 168 Å². The summed E-state index contributed by atoms with van der Waals surface area (Å²) in [6, 6.07) is 15.7. The van der Waals surface area contributed by atoms with Crippen molar-refractivity contribution < 1.29 is 4.79 Å². The fourth-order valence-electron chi connectivity index (χ4n) is 5.18. The highest BCUT2D eigenvalue weighted by Crippen LogP contribution is 2.38. The van der Waals surface area contributed by atoms with Crippen molar-refractivity contribution in [2.75, 3.05) is 20.1 Å². The molecule has 1 amide bonds. The highest BCUT2D eigenvalue weighted by molar-refractivity contribution is 5.77.